The molecule has 0 saturated heterocycles. The van der Waals surface area contributed by atoms with Gasteiger partial charge >= 0.3 is 6.18 Å². The molecule has 0 bridgehead atoms. The van der Waals surface area contributed by atoms with E-state index in [0.29, 0.717) is 0 Å². The molecule has 21 heavy (non-hydrogen) atoms. The fourth-order valence-electron chi connectivity index (χ4n) is 1.96. The minimum absolute atomic E-state index is 0.0754. The van der Waals surface area contributed by atoms with Gasteiger partial charge in [0.05, 0.1) is 11.5 Å². The highest BCUT2D eigenvalue weighted by atomic mass is 32.2. The molecule has 5 nitrogen and oxygen atoms in total. The second-order valence-electron chi connectivity index (χ2n) is 4.56. The number of sulfonamides is 1. The molecule has 1 aliphatic rings. The Morgan fingerprint density at radius 3 is 2.81 bits per heavy atom. The summed E-state index contributed by atoms with van der Waals surface area (Å²) in [5, 5.41) is 3.06. The molecule has 0 radical (unpaired) electrons. The lowest BCUT2D eigenvalue weighted by atomic mass is 10.2. The van der Waals surface area contributed by atoms with Crippen LogP contribution in [0, 0.1) is 0 Å². The van der Waals surface area contributed by atoms with Crippen molar-refractivity contribution in [2.75, 3.05) is 31.6 Å². The minimum Gasteiger partial charge on any atom is -0.384 e. The smallest absolute Gasteiger partial charge is 0.384 e. The predicted octanol–water partition coefficient (Wildman–Crippen LogP) is 1.51. The maximum Gasteiger partial charge on any atom is 0.411 e. The summed E-state index contributed by atoms with van der Waals surface area (Å²) in [7, 11) is -3.75. The third-order valence-electron chi connectivity index (χ3n) is 2.91. The molecule has 0 aromatic heterocycles. The fourth-order valence-corrected chi connectivity index (χ4v) is 3.00. The van der Waals surface area contributed by atoms with Crippen LogP contribution in [0.5, 0.6) is 0 Å². The number of rotatable bonds is 6. The maximum atomic E-state index is 12.0. The first kappa shape index (κ1) is 16.1. The second kappa shape index (κ2) is 6.20. The van der Waals surface area contributed by atoms with Crippen LogP contribution in [-0.4, -0.2) is 40.9 Å². The molecule has 2 rings (SSSR count). The lowest BCUT2D eigenvalue weighted by Crippen LogP contribution is -2.29. The monoisotopic (exact) mass is 324 g/mol. The van der Waals surface area contributed by atoms with Crippen molar-refractivity contribution < 1.29 is 26.3 Å². The number of hydrogen-bond donors (Lipinski definition) is 2. The standard InChI is InChI=1S/C12H15F3N2O3S/c13-12(14,15)8-20-6-5-17-21(18,19)10-2-1-9-3-4-16-11(9)7-10/h1-2,7,16-17H,3-6,8H2. The number of alkyl halides is 3. The highest BCUT2D eigenvalue weighted by Gasteiger charge is 2.27. The third-order valence-corrected chi connectivity index (χ3v) is 4.36. The number of nitrogens with one attached hydrogen (secondary N) is 2. The van der Waals surface area contributed by atoms with Gasteiger partial charge in [0.25, 0.3) is 0 Å². The van der Waals surface area contributed by atoms with Crippen LogP contribution in [0.3, 0.4) is 0 Å². The molecule has 0 amide bonds. The van der Waals surface area contributed by atoms with Crippen LogP contribution in [0.2, 0.25) is 0 Å². The molecular formula is C12H15F3N2O3S. The van der Waals surface area contributed by atoms with Crippen LogP contribution in [0.15, 0.2) is 23.1 Å². The van der Waals surface area contributed by atoms with E-state index in [1.807, 2.05) is 0 Å². The summed E-state index contributed by atoms with van der Waals surface area (Å²) in [6, 6.07) is 4.72. The number of benzene rings is 1. The van der Waals surface area contributed by atoms with Crippen LogP contribution in [0.25, 0.3) is 0 Å². The summed E-state index contributed by atoms with van der Waals surface area (Å²) < 4.78 is 66.0. The summed E-state index contributed by atoms with van der Waals surface area (Å²) >= 11 is 0. The molecule has 9 heteroatoms. The Labute approximate surface area is 120 Å². The van der Waals surface area contributed by atoms with Gasteiger partial charge in [0, 0.05) is 18.8 Å². The molecule has 1 aromatic carbocycles. The van der Waals surface area contributed by atoms with E-state index in [4.69, 9.17) is 0 Å². The van der Waals surface area contributed by atoms with Gasteiger partial charge in [0.15, 0.2) is 0 Å². The number of ether oxygens (including phenoxy) is 1. The van der Waals surface area contributed by atoms with Crippen molar-refractivity contribution in [1.29, 1.82) is 0 Å². The maximum absolute atomic E-state index is 12.0. The Morgan fingerprint density at radius 2 is 2.10 bits per heavy atom. The molecule has 1 heterocycles. The molecule has 0 atom stereocenters. The van der Waals surface area contributed by atoms with Gasteiger partial charge in [-0.15, -0.1) is 0 Å². The Hall–Kier alpha value is -1.32. The van der Waals surface area contributed by atoms with E-state index in [0.717, 1.165) is 24.2 Å². The van der Waals surface area contributed by atoms with Crippen molar-refractivity contribution in [2.45, 2.75) is 17.5 Å². The lowest BCUT2D eigenvalue weighted by Gasteiger charge is -2.10. The molecule has 0 fully saturated rings. The molecule has 0 saturated carbocycles. The van der Waals surface area contributed by atoms with Gasteiger partial charge in [0.1, 0.15) is 6.61 Å². The van der Waals surface area contributed by atoms with E-state index in [9.17, 15) is 21.6 Å². The molecule has 1 aromatic rings. The van der Waals surface area contributed by atoms with E-state index in [2.05, 4.69) is 14.8 Å². The predicted molar refractivity (Wildman–Crippen MR) is 70.7 cm³/mol. The lowest BCUT2D eigenvalue weighted by molar-refractivity contribution is -0.173. The Kier molecular flexibility index (Phi) is 4.74. The largest absolute Gasteiger partial charge is 0.411 e. The van der Waals surface area contributed by atoms with E-state index in [1.54, 1.807) is 6.07 Å². The van der Waals surface area contributed by atoms with Crippen molar-refractivity contribution in [3.05, 3.63) is 23.8 Å². The van der Waals surface area contributed by atoms with Crippen LogP contribution in [-0.2, 0) is 21.2 Å². The molecular weight excluding hydrogens is 309 g/mol. The van der Waals surface area contributed by atoms with Crippen molar-refractivity contribution in [1.82, 2.24) is 4.72 Å². The van der Waals surface area contributed by atoms with E-state index >= 15 is 0 Å². The molecule has 0 unspecified atom stereocenters. The van der Waals surface area contributed by atoms with Gasteiger partial charge < -0.3 is 10.1 Å². The first-order valence-electron chi connectivity index (χ1n) is 6.29. The first-order chi connectivity index (χ1) is 9.78. The molecule has 2 N–H and O–H groups in total. The fraction of sp³-hybridized carbons (Fsp3) is 0.500. The summed E-state index contributed by atoms with van der Waals surface area (Å²) in [5.41, 5.74) is 1.81. The second-order valence-corrected chi connectivity index (χ2v) is 6.33. The zero-order valence-corrected chi connectivity index (χ0v) is 11.9. The number of fused-ring (bicyclic) bond motifs is 1. The van der Waals surface area contributed by atoms with Gasteiger partial charge in [-0.25, -0.2) is 13.1 Å². The van der Waals surface area contributed by atoms with Crippen LogP contribution >= 0.6 is 0 Å². The normalized spacial score (nSPS) is 14.8. The van der Waals surface area contributed by atoms with Gasteiger partial charge in [0.2, 0.25) is 10.0 Å². The zero-order chi connectivity index (χ0) is 15.5. The summed E-state index contributed by atoms with van der Waals surface area (Å²) in [5.74, 6) is 0. The number of hydrogen-bond acceptors (Lipinski definition) is 4. The van der Waals surface area contributed by atoms with Gasteiger partial charge in [-0.05, 0) is 24.1 Å². The Balaban J connectivity index is 1.87. The Bertz CT molecular complexity index is 602. The van der Waals surface area contributed by atoms with E-state index < -0.39 is 22.8 Å². The average Bonchev–Trinajstić information content (AvgIpc) is 2.83. The van der Waals surface area contributed by atoms with Crippen molar-refractivity contribution in [3.63, 3.8) is 0 Å². The zero-order valence-electron chi connectivity index (χ0n) is 11.0. The van der Waals surface area contributed by atoms with Crippen LogP contribution < -0.4 is 10.0 Å². The average molecular weight is 324 g/mol. The molecule has 0 aliphatic carbocycles. The quantitative estimate of drug-likeness (QED) is 0.779. The third kappa shape index (κ3) is 4.58. The summed E-state index contributed by atoms with van der Waals surface area (Å²) in [6.45, 7) is -1.19. The van der Waals surface area contributed by atoms with Crippen molar-refractivity contribution >= 4 is 15.7 Å². The van der Waals surface area contributed by atoms with Crippen LogP contribution in [0.4, 0.5) is 18.9 Å². The van der Waals surface area contributed by atoms with Gasteiger partial charge in [-0.1, -0.05) is 6.07 Å². The minimum atomic E-state index is -4.41. The molecule has 118 valence electrons. The van der Waals surface area contributed by atoms with Crippen molar-refractivity contribution in [3.8, 4) is 0 Å². The highest BCUT2D eigenvalue weighted by Crippen LogP contribution is 2.25. The Morgan fingerprint density at radius 1 is 1.33 bits per heavy atom. The van der Waals surface area contributed by atoms with Crippen LogP contribution in [0.1, 0.15) is 5.56 Å². The summed E-state index contributed by atoms with van der Waals surface area (Å²) in [6.07, 6.45) is -3.57. The number of anilines is 1. The number of halogens is 3. The molecule has 1 aliphatic heterocycles. The van der Waals surface area contributed by atoms with Crippen molar-refractivity contribution in [2.24, 2.45) is 0 Å². The van der Waals surface area contributed by atoms with Gasteiger partial charge in [-0.3, -0.25) is 0 Å². The topological polar surface area (TPSA) is 67.4 Å². The summed E-state index contributed by atoms with van der Waals surface area (Å²) in [4.78, 5) is 0.0754. The molecule has 0 spiro atoms. The highest BCUT2D eigenvalue weighted by molar-refractivity contribution is 7.89. The van der Waals surface area contributed by atoms with E-state index in [-0.39, 0.29) is 18.0 Å². The SMILES string of the molecule is O=S(=O)(NCCOCC(F)(F)F)c1ccc2c(c1)NCC2. The van der Waals surface area contributed by atoms with Gasteiger partial charge in [-0.2, -0.15) is 13.2 Å². The first-order valence-corrected chi connectivity index (χ1v) is 7.77. The van der Waals surface area contributed by atoms with E-state index in [1.165, 1.54) is 12.1 Å².